The van der Waals surface area contributed by atoms with Gasteiger partial charge in [0.1, 0.15) is 0 Å². The van der Waals surface area contributed by atoms with Gasteiger partial charge in [-0.2, -0.15) is 0 Å². The van der Waals surface area contributed by atoms with Crippen molar-refractivity contribution in [3.63, 3.8) is 0 Å². The molecule has 0 aromatic rings. The summed E-state index contributed by atoms with van der Waals surface area (Å²) in [7, 11) is 0. The summed E-state index contributed by atoms with van der Waals surface area (Å²) in [4.78, 5) is 0. The number of ether oxygens (including phenoxy) is 1. The zero-order valence-corrected chi connectivity index (χ0v) is 8.73. The van der Waals surface area contributed by atoms with E-state index in [0.717, 1.165) is 26.1 Å². The average molecular weight is 173 g/mol. The normalized spacial score (nSPS) is 13.2. The topological polar surface area (TPSA) is 21.3 Å². The molecule has 0 aromatic carbocycles. The summed E-state index contributed by atoms with van der Waals surface area (Å²) in [5.74, 6) is 0. The number of nitrogens with one attached hydrogen (secondary N) is 1. The van der Waals surface area contributed by atoms with Crippen LogP contribution in [0, 0.1) is 0 Å². The molecule has 0 spiro atoms. The first-order chi connectivity index (χ1) is 5.81. The van der Waals surface area contributed by atoms with E-state index in [1.165, 1.54) is 12.8 Å². The maximum absolute atomic E-state index is 5.59. The summed E-state index contributed by atoms with van der Waals surface area (Å²) < 4.78 is 5.59. The Balaban J connectivity index is 3.04. The van der Waals surface area contributed by atoms with E-state index in [2.05, 4.69) is 26.1 Å². The standard InChI is InChI=1S/C10H23NO/c1-4-6-9-12-10(3)7-8-11-5-2/h10-11H,4-9H2,1-3H3. The van der Waals surface area contributed by atoms with E-state index in [4.69, 9.17) is 4.74 Å². The quantitative estimate of drug-likeness (QED) is 0.568. The Bertz CT molecular complexity index is 75.9. The van der Waals surface area contributed by atoms with E-state index in [9.17, 15) is 0 Å². The highest BCUT2D eigenvalue weighted by molar-refractivity contribution is 4.53. The Morgan fingerprint density at radius 3 is 2.67 bits per heavy atom. The fraction of sp³-hybridized carbons (Fsp3) is 1.00. The predicted molar refractivity (Wildman–Crippen MR) is 53.5 cm³/mol. The molecule has 12 heavy (non-hydrogen) atoms. The molecule has 2 nitrogen and oxygen atoms in total. The van der Waals surface area contributed by atoms with Gasteiger partial charge in [-0.05, 0) is 32.9 Å². The molecule has 1 N–H and O–H groups in total. The van der Waals surface area contributed by atoms with Crippen LogP contribution < -0.4 is 5.32 Å². The van der Waals surface area contributed by atoms with Gasteiger partial charge < -0.3 is 10.1 Å². The Morgan fingerprint density at radius 1 is 1.33 bits per heavy atom. The SMILES string of the molecule is CCCCOC(C)CCNCC. The van der Waals surface area contributed by atoms with E-state index >= 15 is 0 Å². The first kappa shape index (κ1) is 11.9. The summed E-state index contributed by atoms with van der Waals surface area (Å²) in [6, 6.07) is 0. The Morgan fingerprint density at radius 2 is 2.08 bits per heavy atom. The Labute approximate surface area is 76.7 Å². The third kappa shape index (κ3) is 8.02. The van der Waals surface area contributed by atoms with Crippen molar-refractivity contribution in [3.8, 4) is 0 Å². The molecule has 0 bridgehead atoms. The molecule has 0 rings (SSSR count). The highest BCUT2D eigenvalue weighted by atomic mass is 16.5. The lowest BCUT2D eigenvalue weighted by Crippen LogP contribution is -2.20. The van der Waals surface area contributed by atoms with Gasteiger partial charge in [0, 0.05) is 6.61 Å². The molecule has 2 heteroatoms. The molecule has 0 fully saturated rings. The zero-order valence-electron chi connectivity index (χ0n) is 8.73. The van der Waals surface area contributed by atoms with E-state index < -0.39 is 0 Å². The second kappa shape index (κ2) is 9.01. The smallest absolute Gasteiger partial charge is 0.0559 e. The fourth-order valence-electron chi connectivity index (χ4n) is 0.994. The van der Waals surface area contributed by atoms with Gasteiger partial charge in [-0.25, -0.2) is 0 Å². The highest BCUT2D eigenvalue weighted by Gasteiger charge is 1.99. The monoisotopic (exact) mass is 173 g/mol. The van der Waals surface area contributed by atoms with Crippen LogP contribution in [0.4, 0.5) is 0 Å². The van der Waals surface area contributed by atoms with Crippen LogP contribution in [0.25, 0.3) is 0 Å². The van der Waals surface area contributed by atoms with Gasteiger partial charge in [-0.1, -0.05) is 20.3 Å². The van der Waals surface area contributed by atoms with E-state index in [1.807, 2.05) is 0 Å². The molecule has 0 aliphatic rings. The third-order valence-corrected chi connectivity index (χ3v) is 1.88. The van der Waals surface area contributed by atoms with Crippen molar-refractivity contribution in [1.82, 2.24) is 5.32 Å². The molecular weight excluding hydrogens is 150 g/mol. The molecule has 0 heterocycles. The van der Waals surface area contributed by atoms with Gasteiger partial charge in [-0.3, -0.25) is 0 Å². The lowest BCUT2D eigenvalue weighted by atomic mass is 10.3. The minimum atomic E-state index is 0.413. The number of unbranched alkanes of at least 4 members (excludes halogenated alkanes) is 1. The van der Waals surface area contributed by atoms with Crippen molar-refractivity contribution in [1.29, 1.82) is 0 Å². The van der Waals surface area contributed by atoms with Crippen LogP contribution in [0.5, 0.6) is 0 Å². The molecule has 0 saturated heterocycles. The fourth-order valence-corrected chi connectivity index (χ4v) is 0.994. The summed E-state index contributed by atoms with van der Waals surface area (Å²) >= 11 is 0. The maximum Gasteiger partial charge on any atom is 0.0559 e. The summed E-state index contributed by atoms with van der Waals surface area (Å²) in [5, 5.41) is 3.29. The van der Waals surface area contributed by atoms with Crippen LogP contribution in [0.2, 0.25) is 0 Å². The van der Waals surface area contributed by atoms with E-state index in [1.54, 1.807) is 0 Å². The van der Waals surface area contributed by atoms with E-state index in [-0.39, 0.29) is 0 Å². The van der Waals surface area contributed by atoms with Gasteiger partial charge in [-0.15, -0.1) is 0 Å². The number of rotatable bonds is 8. The van der Waals surface area contributed by atoms with Crippen molar-refractivity contribution >= 4 is 0 Å². The highest BCUT2D eigenvalue weighted by Crippen LogP contribution is 1.98. The Hall–Kier alpha value is -0.0800. The van der Waals surface area contributed by atoms with Crippen LogP contribution >= 0.6 is 0 Å². The largest absolute Gasteiger partial charge is 0.378 e. The minimum absolute atomic E-state index is 0.413. The van der Waals surface area contributed by atoms with Crippen LogP contribution in [0.1, 0.15) is 40.0 Å². The lowest BCUT2D eigenvalue weighted by molar-refractivity contribution is 0.0586. The minimum Gasteiger partial charge on any atom is -0.378 e. The molecule has 1 atom stereocenters. The summed E-state index contributed by atoms with van der Waals surface area (Å²) in [5.41, 5.74) is 0. The molecular formula is C10H23NO. The third-order valence-electron chi connectivity index (χ3n) is 1.88. The lowest BCUT2D eigenvalue weighted by Gasteiger charge is -2.12. The molecule has 0 aromatic heterocycles. The summed E-state index contributed by atoms with van der Waals surface area (Å²) in [6.07, 6.45) is 3.94. The molecule has 0 aliphatic heterocycles. The van der Waals surface area contributed by atoms with Gasteiger partial charge in [0.05, 0.1) is 6.10 Å². The van der Waals surface area contributed by atoms with Gasteiger partial charge in [0.2, 0.25) is 0 Å². The van der Waals surface area contributed by atoms with Gasteiger partial charge in [0.15, 0.2) is 0 Å². The number of hydrogen-bond donors (Lipinski definition) is 1. The molecule has 0 saturated carbocycles. The van der Waals surface area contributed by atoms with Gasteiger partial charge in [0.25, 0.3) is 0 Å². The van der Waals surface area contributed by atoms with E-state index in [0.29, 0.717) is 6.10 Å². The molecule has 0 aliphatic carbocycles. The molecule has 0 radical (unpaired) electrons. The maximum atomic E-state index is 5.59. The first-order valence-electron chi connectivity index (χ1n) is 5.13. The van der Waals surface area contributed by atoms with Crippen molar-refractivity contribution in [2.45, 2.75) is 46.1 Å². The van der Waals surface area contributed by atoms with Crippen molar-refractivity contribution in [2.75, 3.05) is 19.7 Å². The van der Waals surface area contributed by atoms with Crippen molar-refractivity contribution in [2.24, 2.45) is 0 Å². The van der Waals surface area contributed by atoms with Crippen LogP contribution in [0.3, 0.4) is 0 Å². The van der Waals surface area contributed by atoms with Crippen LogP contribution in [-0.2, 0) is 4.74 Å². The van der Waals surface area contributed by atoms with Crippen molar-refractivity contribution in [3.05, 3.63) is 0 Å². The van der Waals surface area contributed by atoms with Gasteiger partial charge >= 0.3 is 0 Å². The number of hydrogen-bond acceptors (Lipinski definition) is 2. The second-order valence-electron chi connectivity index (χ2n) is 3.18. The van der Waals surface area contributed by atoms with Crippen LogP contribution in [-0.4, -0.2) is 25.8 Å². The Kier molecular flexibility index (Phi) is 8.95. The molecule has 1 unspecified atom stereocenters. The second-order valence-corrected chi connectivity index (χ2v) is 3.18. The van der Waals surface area contributed by atoms with Crippen molar-refractivity contribution < 1.29 is 4.74 Å². The molecule has 74 valence electrons. The summed E-state index contributed by atoms with van der Waals surface area (Å²) in [6.45, 7) is 9.51. The zero-order chi connectivity index (χ0) is 9.23. The predicted octanol–water partition coefficient (Wildman–Crippen LogP) is 2.19. The van der Waals surface area contributed by atoms with Crippen LogP contribution in [0.15, 0.2) is 0 Å². The molecule has 0 amide bonds. The first-order valence-corrected chi connectivity index (χ1v) is 5.13. The average Bonchev–Trinajstić information content (AvgIpc) is 2.06.